The van der Waals surface area contributed by atoms with Crippen LogP contribution in [-0.4, -0.2) is 44.9 Å². The number of aromatic nitrogens is 9. The Bertz CT molecular complexity index is 3880. The molecule has 63 heavy (non-hydrogen) atoms. The molecule has 294 valence electrons. The molecule has 7 aromatic heterocycles. The van der Waals surface area contributed by atoms with E-state index in [-0.39, 0.29) is 0 Å². The van der Waals surface area contributed by atoms with Crippen molar-refractivity contribution in [3.05, 3.63) is 170 Å². The van der Waals surface area contributed by atoms with Gasteiger partial charge in [0.25, 0.3) is 0 Å². The van der Waals surface area contributed by atoms with E-state index in [1.807, 2.05) is 122 Å². The Labute approximate surface area is 361 Å². The fourth-order valence-electron chi connectivity index (χ4n) is 8.63. The number of oxazole rings is 1. The van der Waals surface area contributed by atoms with Crippen molar-refractivity contribution in [2.45, 2.75) is 0 Å². The Hall–Kier alpha value is -8.54. The van der Waals surface area contributed by atoms with Crippen LogP contribution in [0.25, 0.3) is 132 Å². The summed E-state index contributed by atoms with van der Waals surface area (Å²) in [4.78, 5) is 45.7. The highest BCUT2D eigenvalue weighted by Gasteiger charge is 2.33. The predicted molar refractivity (Wildman–Crippen MR) is 251 cm³/mol. The summed E-state index contributed by atoms with van der Waals surface area (Å²) in [7, 11) is 0. The molecule has 7 heterocycles. The lowest BCUT2D eigenvalue weighted by atomic mass is 9.86. The van der Waals surface area contributed by atoms with Gasteiger partial charge in [-0.3, -0.25) is 9.97 Å². The molecule has 11 heteroatoms. The van der Waals surface area contributed by atoms with Gasteiger partial charge in [0.2, 0.25) is 5.89 Å². The first-order chi connectivity index (χ1) is 31.2. The monoisotopic (exact) mass is 827 g/mol. The van der Waals surface area contributed by atoms with Crippen molar-refractivity contribution < 1.29 is 4.42 Å². The fourth-order valence-corrected chi connectivity index (χ4v) is 9.65. The Balaban J connectivity index is 1.30. The van der Waals surface area contributed by atoms with Crippen LogP contribution in [0.3, 0.4) is 0 Å². The van der Waals surface area contributed by atoms with Gasteiger partial charge in [-0.1, -0.05) is 84.9 Å². The highest BCUT2D eigenvalue weighted by molar-refractivity contribution is 7.21. The number of benzene rings is 6. The van der Waals surface area contributed by atoms with Crippen molar-refractivity contribution >= 4 is 76.3 Å². The molecule has 0 aliphatic heterocycles. The number of fused-ring (bicyclic) bond motifs is 6. The smallest absolute Gasteiger partial charge is 0.228 e. The minimum Gasteiger partial charge on any atom is -0.436 e. The van der Waals surface area contributed by atoms with Gasteiger partial charge < -0.3 is 9.40 Å². The van der Waals surface area contributed by atoms with E-state index in [4.69, 9.17) is 44.3 Å². The summed E-state index contributed by atoms with van der Waals surface area (Å²) in [5.41, 5.74) is 11.5. The second-order valence-corrected chi connectivity index (χ2v) is 16.2. The van der Waals surface area contributed by atoms with E-state index in [1.54, 1.807) is 17.5 Å². The van der Waals surface area contributed by atoms with Crippen LogP contribution in [0.4, 0.5) is 0 Å². The molecule has 0 fully saturated rings. The van der Waals surface area contributed by atoms with Crippen molar-refractivity contribution in [2.75, 3.05) is 0 Å². The molecule has 0 aliphatic rings. The molecule has 6 aromatic carbocycles. The Morgan fingerprint density at radius 1 is 0.476 bits per heavy atom. The zero-order chi connectivity index (χ0) is 41.4. The van der Waals surface area contributed by atoms with Gasteiger partial charge in [0.1, 0.15) is 21.9 Å². The van der Waals surface area contributed by atoms with E-state index in [1.165, 1.54) is 0 Å². The minimum atomic E-state index is 0.389. The maximum Gasteiger partial charge on any atom is 0.228 e. The van der Waals surface area contributed by atoms with Crippen LogP contribution in [0.15, 0.2) is 175 Å². The quantitative estimate of drug-likeness (QED) is 0.174. The number of thiazole rings is 1. The average Bonchev–Trinajstić information content (AvgIpc) is 4.13. The van der Waals surface area contributed by atoms with Gasteiger partial charge in [0.05, 0.1) is 55.4 Å². The van der Waals surface area contributed by atoms with Crippen LogP contribution in [0.2, 0.25) is 0 Å². The highest BCUT2D eigenvalue weighted by atomic mass is 32.1. The predicted octanol–water partition coefficient (Wildman–Crippen LogP) is 12.8. The third-order valence-electron chi connectivity index (χ3n) is 11.5. The second kappa shape index (κ2) is 14.0. The number of nitrogens with one attached hydrogen (secondary N) is 1. The molecule has 0 radical (unpaired) electrons. The van der Waals surface area contributed by atoms with E-state index in [9.17, 15) is 0 Å². The number of pyridine rings is 2. The van der Waals surface area contributed by atoms with Crippen molar-refractivity contribution in [1.29, 1.82) is 0 Å². The first-order valence-corrected chi connectivity index (χ1v) is 21.2. The summed E-state index contributed by atoms with van der Waals surface area (Å²) in [6, 6.07) is 50.4. The summed E-state index contributed by atoms with van der Waals surface area (Å²) in [5.74, 6) is 0.798. The third kappa shape index (κ3) is 5.71. The normalized spacial score (nSPS) is 11.8. The van der Waals surface area contributed by atoms with Gasteiger partial charge in [-0.25, -0.2) is 29.9 Å². The van der Waals surface area contributed by atoms with Crippen LogP contribution in [0.1, 0.15) is 0 Å². The molecular weight excluding hydrogens is 799 g/mol. The van der Waals surface area contributed by atoms with Crippen molar-refractivity contribution in [2.24, 2.45) is 0 Å². The highest BCUT2D eigenvalue weighted by Crippen LogP contribution is 2.53. The zero-order valence-electron chi connectivity index (χ0n) is 33.1. The maximum atomic E-state index is 6.86. The van der Waals surface area contributed by atoms with E-state index in [2.05, 4.69) is 47.4 Å². The lowest BCUT2D eigenvalue weighted by Gasteiger charge is -2.22. The van der Waals surface area contributed by atoms with Gasteiger partial charge >= 0.3 is 0 Å². The molecule has 0 unspecified atom stereocenters. The molecule has 0 bridgehead atoms. The number of para-hydroxylation sites is 6. The summed E-state index contributed by atoms with van der Waals surface area (Å²) >= 11 is 1.60. The molecule has 1 N–H and O–H groups in total. The Morgan fingerprint density at radius 3 is 2.10 bits per heavy atom. The van der Waals surface area contributed by atoms with Gasteiger partial charge in [0, 0.05) is 50.9 Å². The topological polar surface area (TPSA) is 132 Å². The number of hydrogen-bond donors (Lipinski definition) is 1. The molecule has 13 aromatic rings. The zero-order valence-corrected chi connectivity index (χ0v) is 33.9. The SMILES string of the molecule is c1c[nH]c(-c2c(-c3nc4ccccc4s3)c(-c3nc4ccccc4o3)c(-c3ccc4ccccc4n3)c3c(-c4nccc5ccccc45)nc(-c4cnc5ccccc5n4)nc23)c1. The lowest BCUT2D eigenvalue weighted by molar-refractivity contribution is 0.620. The van der Waals surface area contributed by atoms with Gasteiger partial charge in [-0.15, -0.1) is 11.3 Å². The summed E-state index contributed by atoms with van der Waals surface area (Å²) in [6.07, 6.45) is 5.49. The Kier molecular flexibility index (Phi) is 7.84. The first kappa shape index (κ1) is 35.2. The van der Waals surface area contributed by atoms with Crippen molar-refractivity contribution in [3.8, 4) is 67.4 Å². The number of rotatable bonds is 6. The van der Waals surface area contributed by atoms with Gasteiger partial charge in [-0.2, -0.15) is 0 Å². The minimum absolute atomic E-state index is 0.389. The standard InChI is InChI=1S/C52H29N9OS/c1-3-14-31-29(12-1)25-27-54-47(31)49-46-42(38-24-23-30-13-2-4-15-32(30)56-38)44(51-58-35-18-7-9-21-40(35)62-51)45(52-59-36-19-8-10-22-41(36)63-52)43(37-20-11-26-53-37)48(46)60-50(61-49)39-28-55-33-16-5-6-17-34(33)57-39/h1-28,53H. The van der Waals surface area contributed by atoms with Crippen molar-refractivity contribution in [1.82, 2.24) is 44.9 Å². The van der Waals surface area contributed by atoms with E-state index in [0.29, 0.717) is 56.5 Å². The number of aromatic amines is 1. The summed E-state index contributed by atoms with van der Waals surface area (Å²) < 4.78 is 7.90. The molecule has 0 amide bonds. The van der Waals surface area contributed by atoms with Gasteiger partial charge in [0.15, 0.2) is 11.4 Å². The maximum absolute atomic E-state index is 6.86. The lowest BCUT2D eigenvalue weighted by Crippen LogP contribution is -2.05. The molecular formula is C52H29N9OS. The Morgan fingerprint density at radius 2 is 1.24 bits per heavy atom. The van der Waals surface area contributed by atoms with E-state index in [0.717, 1.165) is 75.8 Å². The summed E-state index contributed by atoms with van der Waals surface area (Å²) in [6.45, 7) is 0. The second-order valence-electron chi connectivity index (χ2n) is 15.2. The number of hydrogen-bond acceptors (Lipinski definition) is 10. The molecule has 13 rings (SSSR count). The largest absolute Gasteiger partial charge is 0.436 e. The molecule has 0 aliphatic carbocycles. The molecule has 0 saturated carbocycles. The fraction of sp³-hybridized carbons (Fsp3) is 0. The van der Waals surface area contributed by atoms with Crippen LogP contribution >= 0.6 is 11.3 Å². The van der Waals surface area contributed by atoms with E-state index < -0.39 is 0 Å². The molecule has 10 nitrogen and oxygen atoms in total. The number of nitrogens with zero attached hydrogens (tertiary/aromatic N) is 8. The van der Waals surface area contributed by atoms with Crippen LogP contribution < -0.4 is 0 Å². The van der Waals surface area contributed by atoms with Crippen LogP contribution in [0, 0.1) is 0 Å². The van der Waals surface area contributed by atoms with Crippen molar-refractivity contribution in [3.63, 3.8) is 0 Å². The number of H-pyrrole nitrogens is 1. The molecule has 0 atom stereocenters. The van der Waals surface area contributed by atoms with E-state index >= 15 is 0 Å². The molecule has 0 spiro atoms. The summed E-state index contributed by atoms with van der Waals surface area (Å²) in [5, 5.41) is 4.42. The first-order valence-electron chi connectivity index (χ1n) is 20.4. The molecule has 0 saturated heterocycles. The van der Waals surface area contributed by atoms with Gasteiger partial charge in [-0.05, 0) is 72.1 Å². The van der Waals surface area contributed by atoms with Crippen LogP contribution in [-0.2, 0) is 0 Å². The van der Waals surface area contributed by atoms with Crippen LogP contribution in [0.5, 0.6) is 0 Å². The average molecular weight is 828 g/mol. The third-order valence-corrected chi connectivity index (χ3v) is 12.5.